The van der Waals surface area contributed by atoms with Crippen molar-refractivity contribution in [2.24, 2.45) is 0 Å². The van der Waals surface area contributed by atoms with Crippen LogP contribution in [0, 0.1) is 10.1 Å². The second-order valence-electron chi connectivity index (χ2n) is 3.57. The summed E-state index contributed by atoms with van der Waals surface area (Å²) in [6.07, 6.45) is 0. The summed E-state index contributed by atoms with van der Waals surface area (Å²) in [6.45, 7) is 1.91. The second kappa shape index (κ2) is 6.36. The van der Waals surface area contributed by atoms with Gasteiger partial charge in [0.2, 0.25) is 0 Å². The van der Waals surface area contributed by atoms with Gasteiger partial charge in [-0.15, -0.1) is 10.2 Å². The van der Waals surface area contributed by atoms with Crippen molar-refractivity contribution in [3.8, 4) is 10.8 Å². The minimum atomic E-state index is -0.586. The van der Waals surface area contributed by atoms with Crippen molar-refractivity contribution >= 4 is 17.2 Å². The van der Waals surface area contributed by atoms with Crippen LogP contribution in [-0.4, -0.2) is 35.4 Å². The van der Waals surface area contributed by atoms with Crippen LogP contribution < -0.4 is 5.32 Å². The summed E-state index contributed by atoms with van der Waals surface area (Å²) in [5, 5.41) is 22.9. The van der Waals surface area contributed by atoms with E-state index < -0.39 is 4.92 Å². The molecule has 0 radical (unpaired) electrons. The SMILES string of the molecule is COCCNCc1nnc(-c2ccc([N+](=O)[O-])o2)s1. The van der Waals surface area contributed by atoms with Crippen LogP contribution in [0.25, 0.3) is 10.8 Å². The Bertz CT molecular complexity index is 553. The Balaban J connectivity index is 1.97. The number of hydrogen-bond donors (Lipinski definition) is 1. The smallest absolute Gasteiger partial charge is 0.398 e. The first-order valence-electron chi connectivity index (χ1n) is 5.47. The van der Waals surface area contributed by atoms with Crippen LogP contribution >= 0.6 is 11.3 Å². The van der Waals surface area contributed by atoms with Crippen molar-refractivity contribution in [1.82, 2.24) is 15.5 Å². The number of hydrogen-bond acceptors (Lipinski definition) is 8. The van der Waals surface area contributed by atoms with Crippen molar-refractivity contribution in [1.29, 1.82) is 0 Å². The molecule has 0 aliphatic carbocycles. The molecule has 2 aromatic rings. The first-order valence-corrected chi connectivity index (χ1v) is 6.29. The zero-order valence-corrected chi connectivity index (χ0v) is 11.0. The molecule has 0 amide bonds. The van der Waals surface area contributed by atoms with Gasteiger partial charge in [0.15, 0.2) is 10.8 Å². The first kappa shape index (κ1) is 13.6. The lowest BCUT2D eigenvalue weighted by Gasteiger charge is -1.99. The molecule has 0 aliphatic heterocycles. The topological polar surface area (TPSA) is 103 Å². The van der Waals surface area contributed by atoms with Crippen LogP contribution in [0.1, 0.15) is 5.01 Å². The zero-order chi connectivity index (χ0) is 13.7. The van der Waals surface area contributed by atoms with E-state index in [0.717, 1.165) is 11.6 Å². The number of ether oxygens (including phenoxy) is 1. The minimum absolute atomic E-state index is 0.301. The molecule has 8 nitrogen and oxygen atoms in total. The van der Waals surface area contributed by atoms with Crippen LogP contribution in [0.4, 0.5) is 5.88 Å². The third-order valence-corrected chi connectivity index (χ3v) is 3.15. The monoisotopic (exact) mass is 284 g/mol. The fourth-order valence-corrected chi connectivity index (χ4v) is 2.11. The lowest BCUT2D eigenvalue weighted by Crippen LogP contribution is -2.18. The molecule has 0 saturated heterocycles. The maximum absolute atomic E-state index is 10.5. The third kappa shape index (κ3) is 3.56. The van der Waals surface area contributed by atoms with Crippen molar-refractivity contribution in [3.63, 3.8) is 0 Å². The number of rotatable bonds is 7. The van der Waals surface area contributed by atoms with E-state index in [9.17, 15) is 10.1 Å². The van der Waals surface area contributed by atoms with Crippen molar-refractivity contribution in [2.45, 2.75) is 6.54 Å². The molecule has 2 aromatic heterocycles. The Morgan fingerprint density at radius 2 is 2.37 bits per heavy atom. The van der Waals surface area contributed by atoms with Crippen LogP contribution in [0.15, 0.2) is 16.5 Å². The average molecular weight is 284 g/mol. The Kier molecular flexibility index (Phi) is 4.55. The van der Waals surface area contributed by atoms with Crippen LogP contribution in [-0.2, 0) is 11.3 Å². The highest BCUT2D eigenvalue weighted by molar-refractivity contribution is 7.14. The molecule has 0 fully saturated rings. The molecule has 2 rings (SSSR count). The highest BCUT2D eigenvalue weighted by Gasteiger charge is 2.16. The van der Waals surface area contributed by atoms with Gasteiger partial charge in [-0.25, -0.2) is 0 Å². The number of methoxy groups -OCH3 is 1. The van der Waals surface area contributed by atoms with E-state index in [1.807, 2.05) is 0 Å². The van der Waals surface area contributed by atoms with E-state index in [0.29, 0.717) is 23.9 Å². The van der Waals surface area contributed by atoms with Crippen LogP contribution in [0.2, 0.25) is 0 Å². The van der Waals surface area contributed by atoms with E-state index in [-0.39, 0.29) is 5.88 Å². The third-order valence-electron chi connectivity index (χ3n) is 2.21. The van der Waals surface area contributed by atoms with Gasteiger partial charge in [0, 0.05) is 20.2 Å². The predicted molar refractivity (Wildman–Crippen MR) is 67.8 cm³/mol. The predicted octanol–water partition coefficient (Wildman–Crippen LogP) is 1.44. The molecule has 0 unspecified atom stereocenters. The Morgan fingerprint density at radius 1 is 1.53 bits per heavy atom. The van der Waals surface area contributed by atoms with Crippen LogP contribution in [0.3, 0.4) is 0 Å². The Morgan fingerprint density at radius 3 is 3.05 bits per heavy atom. The maximum Gasteiger partial charge on any atom is 0.433 e. The molecular formula is C10H12N4O4S. The lowest BCUT2D eigenvalue weighted by molar-refractivity contribution is -0.401. The first-order chi connectivity index (χ1) is 9.20. The molecule has 0 spiro atoms. The summed E-state index contributed by atoms with van der Waals surface area (Å²) >= 11 is 1.33. The normalized spacial score (nSPS) is 10.8. The number of nitrogens with zero attached hydrogens (tertiary/aromatic N) is 3. The van der Waals surface area contributed by atoms with Gasteiger partial charge in [-0.1, -0.05) is 11.3 Å². The van der Waals surface area contributed by atoms with E-state index in [4.69, 9.17) is 9.15 Å². The minimum Gasteiger partial charge on any atom is -0.398 e. The summed E-state index contributed by atoms with van der Waals surface area (Å²) in [6, 6.07) is 2.81. The van der Waals surface area contributed by atoms with Gasteiger partial charge in [0.1, 0.15) is 9.93 Å². The van der Waals surface area contributed by atoms with Gasteiger partial charge in [-0.3, -0.25) is 10.1 Å². The van der Waals surface area contributed by atoms with Gasteiger partial charge in [0.05, 0.1) is 12.7 Å². The Labute approximate surface area is 112 Å². The zero-order valence-electron chi connectivity index (χ0n) is 10.2. The number of aromatic nitrogens is 2. The molecule has 9 heteroatoms. The van der Waals surface area contributed by atoms with Crippen LogP contribution in [0.5, 0.6) is 0 Å². The quantitative estimate of drug-likeness (QED) is 0.466. The molecule has 0 bridgehead atoms. The highest BCUT2D eigenvalue weighted by atomic mass is 32.1. The number of furan rings is 1. The van der Waals surface area contributed by atoms with Gasteiger partial charge in [-0.2, -0.15) is 0 Å². The second-order valence-corrected chi connectivity index (χ2v) is 4.63. The van der Waals surface area contributed by atoms with E-state index in [2.05, 4.69) is 15.5 Å². The van der Waals surface area contributed by atoms with E-state index >= 15 is 0 Å². The largest absolute Gasteiger partial charge is 0.433 e. The lowest BCUT2D eigenvalue weighted by atomic mass is 10.5. The summed E-state index contributed by atoms with van der Waals surface area (Å²) in [5.74, 6) is 0.0531. The summed E-state index contributed by atoms with van der Waals surface area (Å²) in [7, 11) is 1.63. The van der Waals surface area contributed by atoms with Crippen molar-refractivity contribution < 1.29 is 14.1 Å². The van der Waals surface area contributed by atoms with E-state index in [1.54, 1.807) is 7.11 Å². The standard InChI is InChI=1S/C10H12N4O4S/c1-17-5-4-11-6-8-12-13-10(19-8)7-2-3-9(18-7)14(15)16/h2-3,11H,4-6H2,1H3. The number of nitrogens with one attached hydrogen (secondary N) is 1. The molecule has 1 N–H and O–H groups in total. The molecule has 2 heterocycles. The Hall–Kier alpha value is -1.84. The molecule has 19 heavy (non-hydrogen) atoms. The van der Waals surface area contributed by atoms with Gasteiger partial charge >= 0.3 is 5.88 Å². The summed E-state index contributed by atoms with van der Waals surface area (Å²) < 4.78 is 9.96. The summed E-state index contributed by atoms with van der Waals surface area (Å²) in [5.41, 5.74) is 0. The van der Waals surface area contributed by atoms with Gasteiger partial charge in [0.25, 0.3) is 0 Å². The van der Waals surface area contributed by atoms with Gasteiger partial charge < -0.3 is 14.5 Å². The molecule has 0 aliphatic rings. The van der Waals surface area contributed by atoms with Gasteiger partial charge in [-0.05, 0) is 6.07 Å². The molecule has 0 saturated carbocycles. The van der Waals surface area contributed by atoms with Crippen molar-refractivity contribution in [2.75, 3.05) is 20.3 Å². The number of nitro groups is 1. The molecular weight excluding hydrogens is 272 g/mol. The van der Waals surface area contributed by atoms with E-state index in [1.165, 1.54) is 23.5 Å². The molecule has 0 aromatic carbocycles. The highest BCUT2D eigenvalue weighted by Crippen LogP contribution is 2.28. The maximum atomic E-state index is 10.5. The fourth-order valence-electron chi connectivity index (χ4n) is 1.33. The average Bonchev–Trinajstić information content (AvgIpc) is 3.03. The summed E-state index contributed by atoms with van der Waals surface area (Å²) in [4.78, 5) is 9.93. The molecule has 102 valence electrons. The fraction of sp³-hybridized carbons (Fsp3) is 0.400. The molecule has 0 atom stereocenters. The van der Waals surface area contributed by atoms with Crippen molar-refractivity contribution in [3.05, 3.63) is 27.3 Å².